The lowest BCUT2D eigenvalue weighted by Crippen LogP contribution is -2.42. The summed E-state index contributed by atoms with van der Waals surface area (Å²) >= 11 is 6.18. The van der Waals surface area contributed by atoms with Gasteiger partial charge in [0.2, 0.25) is 0 Å². The second kappa shape index (κ2) is 7.03. The Hall–Kier alpha value is -3.10. The Bertz CT molecular complexity index is 1010. The number of furan rings is 1. The summed E-state index contributed by atoms with van der Waals surface area (Å²) in [5, 5.41) is 9.82. The molecule has 5 nitrogen and oxygen atoms in total. The summed E-state index contributed by atoms with van der Waals surface area (Å²) in [5.41, 5.74) is 1.32. The average Bonchev–Trinajstić information content (AvgIpc) is 3.08. The molecule has 130 valence electrons. The Kier molecular flexibility index (Phi) is 4.79. The molecular formula is C20H15ClN2O3. The minimum Gasteiger partial charge on any atom is -0.457 e. The predicted octanol–water partition coefficient (Wildman–Crippen LogP) is 4.21. The molecule has 0 saturated carbocycles. The molecule has 2 amide bonds. The van der Waals surface area contributed by atoms with E-state index in [1.807, 2.05) is 24.3 Å². The number of nitrogens with zero attached hydrogens (tertiary/aromatic N) is 2. The smallest absolute Gasteiger partial charge is 0.271 e. The van der Waals surface area contributed by atoms with Crippen molar-refractivity contribution >= 4 is 29.5 Å². The van der Waals surface area contributed by atoms with Crippen LogP contribution in [0.1, 0.15) is 19.6 Å². The first-order chi connectivity index (χ1) is 12.5. The van der Waals surface area contributed by atoms with E-state index in [1.165, 1.54) is 0 Å². The van der Waals surface area contributed by atoms with E-state index < -0.39 is 11.8 Å². The number of nitriles is 1. The van der Waals surface area contributed by atoms with E-state index >= 15 is 0 Å². The largest absolute Gasteiger partial charge is 0.457 e. The third-order valence-electron chi connectivity index (χ3n) is 4.19. The van der Waals surface area contributed by atoms with E-state index in [0.717, 1.165) is 10.5 Å². The monoisotopic (exact) mass is 366 g/mol. The summed E-state index contributed by atoms with van der Waals surface area (Å²) in [6.07, 6.45) is 1.55. The average molecular weight is 367 g/mol. The third-order valence-corrected chi connectivity index (χ3v) is 4.52. The zero-order chi connectivity index (χ0) is 18.8. The van der Waals surface area contributed by atoms with Crippen molar-refractivity contribution in [2.45, 2.75) is 13.8 Å². The fraction of sp³-hybridized carbons (Fsp3) is 0.150. The molecule has 0 unspecified atom stereocenters. The second-order valence-electron chi connectivity index (χ2n) is 5.71. The second-order valence-corrected chi connectivity index (χ2v) is 6.11. The van der Waals surface area contributed by atoms with Crippen LogP contribution in [0.5, 0.6) is 0 Å². The standard InChI is InChI=1S/C20H15ClN2O3/c1-3-23-19(24)15(12(2)16(11-22)20(23)25)10-13-8-9-18(26-13)14-6-4-5-7-17(14)21/h4-10H,3H2,1-2H3. The van der Waals surface area contributed by atoms with Crippen molar-refractivity contribution in [1.29, 1.82) is 5.26 Å². The highest BCUT2D eigenvalue weighted by atomic mass is 35.5. The van der Waals surface area contributed by atoms with Crippen LogP contribution >= 0.6 is 11.6 Å². The van der Waals surface area contributed by atoms with Crippen molar-refractivity contribution < 1.29 is 14.0 Å². The molecule has 1 aromatic heterocycles. The topological polar surface area (TPSA) is 74.3 Å². The lowest BCUT2D eigenvalue weighted by atomic mass is 9.95. The first-order valence-corrected chi connectivity index (χ1v) is 8.39. The van der Waals surface area contributed by atoms with Gasteiger partial charge >= 0.3 is 0 Å². The quantitative estimate of drug-likeness (QED) is 0.602. The van der Waals surface area contributed by atoms with E-state index in [0.29, 0.717) is 22.1 Å². The van der Waals surface area contributed by atoms with Gasteiger partial charge in [0.25, 0.3) is 11.8 Å². The molecule has 2 heterocycles. The van der Waals surface area contributed by atoms with Crippen molar-refractivity contribution in [1.82, 2.24) is 4.90 Å². The molecule has 3 rings (SSSR count). The first-order valence-electron chi connectivity index (χ1n) is 8.02. The fourth-order valence-electron chi connectivity index (χ4n) is 2.80. The Labute approximate surface area is 155 Å². The van der Waals surface area contributed by atoms with Gasteiger partial charge in [-0.05, 0) is 49.8 Å². The molecule has 0 fully saturated rings. The number of hydrogen-bond acceptors (Lipinski definition) is 4. The lowest BCUT2D eigenvalue weighted by Gasteiger charge is -2.25. The zero-order valence-corrected chi connectivity index (χ0v) is 15.0. The van der Waals surface area contributed by atoms with Crippen LogP contribution in [0.25, 0.3) is 17.4 Å². The van der Waals surface area contributed by atoms with Crippen LogP contribution in [-0.4, -0.2) is 23.3 Å². The SMILES string of the molecule is CCN1C(=O)C(=Cc2ccc(-c3ccccc3Cl)o2)C(C)=C(C#N)C1=O. The number of carbonyl (C=O) groups excluding carboxylic acids is 2. The molecule has 0 aliphatic carbocycles. The van der Waals surface area contributed by atoms with E-state index in [4.69, 9.17) is 16.0 Å². The first kappa shape index (κ1) is 17.7. The van der Waals surface area contributed by atoms with E-state index in [-0.39, 0.29) is 17.7 Å². The van der Waals surface area contributed by atoms with E-state index in [1.54, 1.807) is 38.1 Å². The summed E-state index contributed by atoms with van der Waals surface area (Å²) < 4.78 is 5.79. The maximum absolute atomic E-state index is 12.6. The van der Waals surface area contributed by atoms with Gasteiger partial charge < -0.3 is 4.42 Å². The van der Waals surface area contributed by atoms with E-state index in [9.17, 15) is 14.9 Å². The maximum Gasteiger partial charge on any atom is 0.271 e. The minimum absolute atomic E-state index is 0.0319. The molecule has 0 atom stereocenters. The minimum atomic E-state index is -0.564. The Balaban J connectivity index is 2.06. The highest BCUT2D eigenvalue weighted by Crippen LogP contribution is 2.31. The molecule has 6 heteroatoms. The Morgan fingerprint density at radius 3 is 2.58 bits per heavy atom. The number of halogens is 1. The highest BCUT2D eigenvalue weighted by Gasteiger charge is 2.34. The van der Waals surface area contributed by atoms with Gasteiger partial charge in [-0.1, -0.05) is 23.7 Å². The molecular weight excluding hydrogens is 352 g/mol. The van der Waals surface area contributed by atoms with Gasteiger partial charge in [-0.2, -0.15) is 5.26 Å². The number of imide groups is 1. The molecule has 0 N–H and O–H groups in total. The molecule has 1 aliphatic heterocycles. The Morgan fingerprint density at radius 1 is 1.19 bits per heavy atom. The molecule has 0 spiro atoms. The van der Waals surface area contributed by atoms with Crippen LogP contribution in [0.15, 0.2) is 57.5 Å². The molecule has 2 aromatic rings. The van der Waals surface area contributed by atoms with Crippen LogP contribution in [-0.2, 0) is 9.59 Å². The van der Waals surface area contributed by atoms with Gasteiger partial charge in [0, 0.05) is 17.7 Å². The van der Waals surface area contributed by atoms with Crippen LogP contribution in [0.3, 0.4) is 0 Å². The summed E-state index contributed by atoms with van der Waals surface area (Å²) in [6, 6.07) is 12.6. The number of amides is 2. The van der Waals surface area contributed by atoms with Gasteiger partial charge in [0.15, 0.2) is 0 Å². The summed E-state index contributed by atoms with van der Waals surface area (Å²) in [7, 11) is 0. The third kappa shape index (κ3) is 2.96. The van der Waals surface area contributed by atoms with E-state index in [2.05, 4.69) is 0 Å². The number of benzene rings is 1. The molecule has 26 heavy (non-hydrogen) atoms. The van der Waals surface area contributed by atoms with Crippen molar-refractivity contribution in [3.05, 3.63) is 63.9 Å². The number of likely N-dealkylation sites (N-methyl/N-ethyl adjacent to an activating group) is 1. The van der Waals surface area contributed by atoms with Gasteiger partial charge in [-0.3, -0.25) is 14.5 Å². The zero-order valence-electron chi connectivity index (χ0n) is 14.2. The number of carbonyl (C=O) groups is 2. The lowest BCUT2D eigenvalue weighted by molar-refractivity contribution is -0.140. The van der Waals surface area contributed by atoms with Gasteiger partial charge in [-0.25, -0.2) is 0 Å². The van der Waals surface area contributed by atoms with Gasteiger partial charge in [0.1, 0.15) is 23.2 Å². The molecule has 0 bridgehead atoms. The number of hydrogen-bond donors (Lipinski definition) is 0. The number of rotatable bonds is 3. The summed E-state index contributed by atoms with van der Waals surface area (Å²) in [5.74, 6) is -0.00266. The predicted molar refractivity (Wildman–Crippen MR) is 97.8 cm³/mol. The molecule has 1 aromatic carbocycles. The molecule has 1 aliphatic rings. The van der Waals surface area contributed by atoms with Crippen LogP contribution in [0.4, 0.5) is 0 Å². The van der Waals surface area contributed by atoms with Crippen LogP contribution in [0.2, 0.25) is 5.02 Å². The van der Waals surface area contributed by atoms with Crippen molar-refractivity contribution in [2.24, 2.45) is 0 Å². The van der Waals surface area contributed by atoms with Gasteiger partial charge in [0.05, 0.1) is 5.02 Å². The summed E-state index contributed by atoms with van der Waals surface area (Å²) in [4.78, 5) is 25.8. The summed E-state index contributed by atoms with van der Waals surface area (Å²) in [6.45, 7) is 3.47. The van der Waals surface area contributed by atoms with Gasteiger partial charge in [-0.15, -0.1) is 0 Å². The normalized spacial score (nSPS) is 16.4. The van der Waals surface area contributed by atoms with Crippen LogP contribution in [0, 0.1) is 11.3 Å². The Morgan fingerprint density at radius 2 is 1.92 bits per heavy atom. The van der Waals surface area contributed by atoms with Crippen molar-refractivity contribution in [3.8, 4) is 17.4 Å². The maximum atomic E-state index is 12.6. The van der Waals surface area contributed by atoms with Crippen molar-refractivity contribution in [3.63, 3.8) is 0 Å². The fourth-order valence-corrected chi connectivity index (χ4v) is 3.02. The highest BCUT2D eigenvalue weighted by molar-refractivity contribution is 6.33. The molecule has 0 saturated heterocycles. The van der Waals surface area contributed by atoms with Crippen LogP contribution < -0.4 is 0 Å². The van der Waals surface area contributed by atoms with Crippen molar-refractivity contribution in [2.75, 3.05) is 6.54 Å². The molecule has 0 radical (unpaired) electrons.